The van der Waals surface area contributed by atoms with Crippen molar-refractivity contribution in [2.45, 2.75) is 386 Å². The number of hydrogen-bond acceptors (Lipinski definition) is 7. The number of rotatable bonds is 72. The van der Waals surface area contributed by atoms with Crippen LogP contribution in [-0.2, 0) is 33.3 Å². The highest BCUT2D eigenvalue weighted by Crippen LogP contribution is 2.19. The van der Waals surface area contributed by atoms with Crippen LogP contribution in [0.2, 0.25) is 0 Å². The van der Waals surface area contributed by atoms with Crippen LogP contribution in [0.15, 0.2) is 60.8 Å². The molecule has 1 N–H and O–H groups in total. The van der Waals surface area contributed by atoms with Gasteiger partial charge in [0.15, 0.2) is 6.10 Å². The van der Waals surface area contributed by atoms with Crippen molar-refractivity contribution < 1.29 is 42.9 Å². The molecule has 0 saturated heterocycles. The van der Waals surface area contributed by atoms with E-state index in [2.05, 4.69) is 74.6 Å². The molecule has 0 aliphatic rings. The van der Waals surface area contributed by atoms with Gasteiger partial charge in [-0.25, -0.2) is 4.79 Å². The van der Waals surface area contributed by atoms with Gasteiger partial charge in [-0.05, 0) is 83.5 Å². The van der Waals surface area contributed by atoms with Crippen LogP contribution in [0, 0.1) is 0 Å². The number of esters is 2. The van der Waals surface area contributed by atoms with E-state index in [4.69, 9.17) is 18.9 Å². The molecule has 2 unspecified atom stereocenters. The Hall–Kier alpha value is -3.01. The molecule has 0 rings (SSSR count). The Morgan fingerprint density at radius 2 is 0.607 bits per heavy atom. The van der Waals surface area contributed by atoms with Gasteiger partial charge in [0.1, 0.15) is 13.2 Å². The second-order valence-corrected chi connectivity index (χ2v) is 27.3. The van der Waals surface area contributed by atoms with Gasteiger partial charge in [0.2, 0.25) is 0 Å². The number of allylic oxidation sites excluding steroid dienone is 10. The van der Waals surface area contributed by atoms with Crippen molar-refractivity contribution in [2.75, 3.05) is 47.5 Å². The van der Waals surface area contributed by atoms with Gasteiger partial charge in [-0.2, -0.15) is 0 Å². The van der Waals surface area contributed by atoms with Crippen LogP contribution >= 0.6 is 0 Å². The molecule has 0 aliphatic carbocycles. The average molecular weight is 1250 g/mol. The lowest BCUT2D eigenvalue weighted by Crippen LogP contribution is -2.40. The molecule has 0 aromatic heterocycles. The number of nitrogens with zero attached hydrogens (tertiary/aromatic N) is 1. The van der Waals surface area contributed by atoms with E-state index in [0.717, 1.165) is 64.2 Å². The molecule has 0 spiro atoms. The smallest absolute Gasteiger partial charge is 0.361 e. The maximum atomic E-state index is 13.0. The monoisotopic (exact) mass is 1250 g/mol. The second kappa shape index (κ2) is 70.9. The predicted molar refractivity (Wildman–Crippen MR) is 383 cm³/mol. The van der Waals surface area contributed by atoms with Gasteiger partial charge >= 0.3 is 17.9 Å². The van der Waals surface area contributed by atoms with Crippen molar-refractivity contribution in [1.82, 2.24) is 0 Å². The van der Waals surface area contributed by atoms with Gasteiger partial charge in [-0.3, -0.25) is 9.59 Å². The number of quaternary nitrogens is 1. The van der Waals surface area contributed by atoms with E-state index in [9.17, 15) is 19.5 Å². The Balaban J connectivity index is 3.98. The normalized spacial score (nSPS) is 13.0. The van der Waals surface area contributed by atoms with Crippen molar-refractivity contribution in [3.63, 3.8) is 0 Å². The summed E-state index contributed by atoms with van der Waals surface area (Å²) in [6.45, 7) is 4.90. The Morgan fingerprint density at radius 3 is 0.899 bits per heavy atom. The Morgan fingerprint density at radius 1 is 0.337 bits per heavy atom. The molecule has 89 heavy (non-hydrogen) atoms. The summed E-state index contributed by atoms with van der Waals surface area (Å²) in [6.07, 6.45) is 90.8. The number of carboxylic acids is 1. The minimum atomic E-state index is -1.51. The molecular weight excluding hydrogens is 1100 g/mol. The fraction of sp³-hybridized carbons (Fsp3) is 0.838. The lowest BCUT2D eigenvalue weighted by molar-refractivity contribution is -0.870. The van der Waals surface area contributed by atoms with Crippen LogP contribution < -0.4 is 0 Å². The van der Waals surface area contributed by atoms with Gasteiger partial charge < -0.3 is 28.5 Å². The van der Waals surface area contributed by atoms with Crippen molar-refractivity contribution in [1.29, 1.82) is 0 Å². The largest absolute Gasteiger partial charge is 0.477 e. The average Bonchev–Trinajstić information content (AvgIpc) is 3.64. The van der Waals surface area contributed by atoms with E-state index in [-0.39, 0.29) is 32.2 Å². The molecule has 0 fully saturated rings. The first kappa shape index (κ1) is 86.0. The molecule has 0 heterocycles. The van der Waals surface area contributed by atoms with Crippen LogP contribution in [0.3, 0.4) is 0 Å². The fourth-order valence-corrected chi connectivity index (χ4v) is 11.4. The quantitative estimate of drug-likeness (QED) is 0.0211. The summed E-state index contributed by atoms with van der Waals surface area (Å²) in [6, 6.07) is 0. The number of unbranched alkanes of at least 4 members (excludes halogenated alkanes) is 47. The van der Waals surface area contributed by atoms with E-state index in [1.54, 1.807) is 0 Å². The summed E-state index contributed by atoms with van der Waals surface area (Å²) in [5, 5.41) is 9.76. The molecule has 0 aromatic rings. The highest BCUT2D eigenvalue weighted by molar-refractivity contribution is 5.71. The highest BCUT2D eigenvalue weighted by Gasteiger charge is 2.25. The standard InChI is InChI=1S/C80H147NO8/c1-6-8-10-12-14-16-18-20-22-24-26-28-30-32-33-34-35-36-37-38-39-40-41-42-43-44-45-47-48-50-52-54-56-58-60-62-64-66-68-70-77(82)87-74-76(75-88-80(79(84)85)86-73-72-81(3,4)5)89-78(83)71-69-67-65-63-61-59-57-55-53-51-49-46-31-29-27-25-23-21-19-17-15-13-11-9-7-2/h18-21,24-27,31,46,76,80H,6-17,22-23,28-30,32-45,47-75H2,1-5H3/p+1/b20-18-,21-19-,26-24-,27-25-,46-31-. The van der Waals surface area contributed by atoms with Gasteiger partial charge in [-0.15, -0.1) is 0 Å². The number of ether oxygens (including phenoxy) is 4. The van der Waals surface area contributed by atoms with E-state index in [0.29, 0.717) is 17.4 Å². The van der Waals surface area contributed by atoms with Crippen molar-refractivity contribution in [3.8, 4) is 0 Å². The lowest BCUT2D eigenvalue weighted by Gasteiger charge is -2.25. The zero-order chi connectivity index (χ0) is 64.7. The third kappa shape index (κ3) is 72.3. The molecular formula is C80H148NO8+. The molecule has 0 radical (unpaired) electrons. The number of carbonyl (C=O) groups is 3. The minimum Gasteiger partial charge on any atom is -0.477 e. The van der Waals surface area contributed by atoms with Gasteiger partial charge in [-0.1, -0.05) is 338 Å². The van der Waals surface area contributed by atoms with E-state index < -0.39 is 24.3 Å². The topological polar surface area (TPSA) is 108 Å². The van der Waals surface area contributed by atoms with Gasteiger partial charge in [0.05, 0.1) is 34.4 Å². The Kier molecular flexibility index (Phi) is 68.5. The maximum Gasteiger partial charge on any atom is 0.361 e. The third-order valence-corrected chi connectivity index (χ3v) is 17.2. The number of likely N-dealkylation sites (N-methyl/N-ethyl adjacent to an activating group) is 1. The molecule has 0 bridgehead atoms. The van der Waals surface area contributed by atoms with Gasteiger partial charge in [0.25, 0.3) is 6.29 Å². The minimum absolute atomic E-state index is 0.181. The molecule has 0 saturated carbocycles. The second-order valence-electron chi connectivity index (χ2n) is 27.3. The molecule has 520 valence electrons. The summed E-state index contributed by atoms with van der Waals surface area (Å²) in [4.78, 5) is 37.7. The van der Waals surface area contributed by atoms with Crippen LogP contribution in [0.5, 0.6) is 0 Å². The first-order valence-corrected chi connectivity index (χ1v) is 38.5. The first-order chi connectivity index (χ1) is 43.6. The molecule has 0 amide bonds. The van der Waals surface area contributed by atoms with Crippen molar-refractivity contribution >= 4 is 17.9 Å². The first-order valence-electron chi connectivity index (χ1n) is 38.5. The molecule has 2 atom stereocenters. The third-order valence-electron chi connectivity index (χ3n) is 17.2. The summed E-state index contributed by atoms with van der Waals surface area (Å²) in [5.74, 6) is -1.99. The van der Waals surface area contributed by atoms with E-state index in [1.165, 1.54) is 283 Å². The summed E-state index contributed by atoms with van der Waals surface area (Å²) in [7, 11) is 5.99. The fourth-order valence-electron chi connectivity index (χ4n) is 11.4. The van der Waals surface area contributed by atoms with Crippen LogP contribution in [0.25, 0.3) is 0 Å². The molecule has 0 aliphatic heterocycles. The molecule has 9 nitrogen and oxygen atoms in total. The summed E-state index contributed by atoms with van der Waals surface area (Å²) < 4.78 is 23.0. The van der Waals surface area contributed by atoms with Crippen LogP contribution in [0.1, 0.15) is 373 Å². The zero-order valence-electron chi connectivity index (χ0n) is 59.6. The maximum absolute atomic E-state index is 13.0. The lowest BCUT2D eigenvalue weighted by atomic mass is 10.0. The SMILES string of the molecule is CCCCCCC/C=C\C/C=C\C/C=C\CCCCCCCCCCCCC(=O)OC(COC(=O)CCCCCCCCCCCCCCCCCCCCCCCCCCCCC/C=C\C/C=C\CCCCCCC)COC(OCC[N+](C)(C)C)C(=O)O. The number of carboxylic acid groups (broad SMARTS) is 1. The molecule has 9 heteroatoms. The van der Waals surface area contributed by atoms with Crippen LogP contribution in [-0.4, -0.2) is 87.4 Å². The van der Waals surface area contributed by atoms with E-state index in [1.807, 2.05) is 21.1 Å². The number of aliphatic carboxylic acids is 1. The van der Waals surface area contributed by atoms with Crippen LogP contribution in [0.4, 0.5) is 0 Å². The van der Waals surface area contributed by atoms with Crippen molar-refractivity contribution in [3.05, 3.63) is 60.8 Å². The van der Waals surface area contributed by atoms with Crippen molar-refractivity contribution in [2.24, 2.45) is 0 Å². The number of carbonyl (C=O) groups excluding carboxylic acids is 2. The molecule has 0 aromatic carbocycles. The number of hydrogen-bond donors (Lipinski definition) is 1. The Labute approximate surface area is 552 Å². The van der Waals surface area contributed by atoms with Gasteiger partial charge in [0, 0.05) is 12.8 Å². The predicted octanol–water partition coefficient (Wildman–Crippen LogP) is 24.3. The highest BCUT2D eigenvalue weighted by atomic mass is 16.7. The summed E-state index contributed by atoms with van der Waals surface area (Å²) in [5.41, 5.74) is 0. The summed E-state index contributed by atoms with van der Waals surface area (Å²) >= 11 is 0. The van der Waals surface area contributed by atoms with E-state index >= 15 is 0 Å². The Bertz CT molecular complexity index is 1650. The zero-order valence-corrected chi connectivity index (χ0v) is 59.6.